The fourth-order valence-electron chi connectivity index (χ4n) is 3.47. The van der Waals surface area contributed by atoms with Crippen molar-refractivity contribution in [3.63, 3.8) is 0 Å². The Labute approximate surface area is 218 Å². The Bertz CT molecular complexity index is 930. The molecule has 1 amide bonds. The monoisotopic (exact) mass is 517 g/mol. The summed E-state index contributed by atoms with van der Waals surface area (Å²) in [5.74, 6) is -1.24. The number of nitrogens with one attached hydrogen (secondary N) is 1. The third kappa shape index (κ3) is 12.2. The lowest BCUT2D eigenvalue weighted by atomic mass is 10.1. The van der Waals surface area contributed by atoms with Crippen LogP contribution in [-0.2, 0) is 37.0 Å². The maximum Gasteiger partial charge on any atom is 0.408 e. The molecule has 0 aliphatic heterocycles. The van der Waals surface area contributed by atoms with Gasteiger partial charge in [0, 0.05) is 6.61 Å². The quantitative estimate of drug-likeness (QED) is 0.304. The number of carboxylic acids is 1. The summed E-state index contributed by atoms with van der Waals surface area (Å²) in [4.78, 5) is 23.5. The highest BCUT2D eigenvalue weighted by Gasteiger charge is 2.29. The standard InChI is InChI=1S/C28H39NO8/c1-20(30)25(36-18-22-13-9-6-10-14-22)24(35-17-21-11-7-5-8-12-21)15-16-34-19-23(26(31)32)29-27(33)37-28(2,3)4/h5-14,20,23-25,30H,15-19H2,1-4H3,(H,29,33)(H,31,32)/t20-,23-,24-,25-/m0/s1. The van der Waals surface area contributed by atoms with Crippen LogP contribution in [0.15, 0.2) is 60.7 Å². The SMILES string of the molecule is C[C@H](O)[C@H](OCc1ccccc1)[C@H](CCOC[C@H](NC(=O)OC(C)(C)C)C(=O)O)OCc1ccccc1. The van der Waals surface area contributed by atoms with Gasteiger partial charge in [-0.05, 0) is 45.2 Å². The molecule has 9 nitrogen and oxygen atoms in total. The van der Waals surface area contributed by atoms with Crippen LogP contribution in [-0.4, -0.2) is 65.4 Å². The molecule has 0 spiro atoms. The van der Waals surface area contributed by atoms with Crippen molar-refractivity contribution in [3.8, 4) is 0 Å². The highest BCUT2D eigenvalue weighted by Crippen LogP contribution is 2.18. The minimum atomic E-state index is -1.28. The van der Waals surface area contributed by atoms with Crippen LogP contribution < -0.4 is 5.32 Å². The number of aliphatic carboxylic acids is 1. The number of aliphatic hydroxyl groups excluding tert-OH is 1. The van der Waals surface area contributed by atoms with Crippen molar-refractivity contribution in [1.82, 2.24) is 5.32 Å². The normalized spacial score (nSPS) is 14.8. The van der Waals surface area contributed by atoms with Gasteiger partial charge >= 0.3 is 12.1 Å². The van der Waals surface area contributed by atoms with Gasteiger partial charge in [-0.1, -0.05) is 60.7 Å². The van der Waals surface area contributed by atoms with Gasteiger partial charge in [0.1, 0.15) is 11.7 Å². The Balaban J connectivity index is 1.99. The lowest BCUT2D eigenvalue weighted by Gasteiger charge is -2.30. The Kier molecular flexibility index (Phi) is 12.5. The second kappa shape index (κ2) is 15.3. The van der Waals surface area contributed by atoms with Gasteiger partial charge in [-0.15, -0.1) is 0 Å². The van der Waals surface area contributed by atoms with Crippen molar-refractivity contribution >= 4 is 12.1 Å². The van der Waals surface area contributed by atoms with Gasteiger partial charge in [0.05, 0.1) is 32.0 Å². The molecule has 0 unspecified atom stereocenters. The molecule has 37 heavy (non-hydrogen) atoms. The molecule has 2 aromatic rings. The van der Waals surface area contributed by atoms with Crippen LogP contribution in [0.3, 0.4) is 0 Å². The second-order valence-electron chi connectivity index (χ2n) is 9.74. The maximum absolute atomic E-state index is 12.0. The van der Waals surface area contributed by atoms with Crippen molar-refractivity contribution in [1.29, 1.82) is 0 Å². The summed E-state index contributed by atoms with van der Waals surface area (Å²) < 4.78 is 22.9. The van der Waals surface area contributed by atoms with Gasteiger partial charge in [0.25, 0.3) is 0 Å². The van der Waals surface area contributed by atoms with Crippen LogP contribution in [0.5, 0.6) is 0 Å². The Morgan fingerprint density at radius 3 is 1.95 bits per heavy atom. The van der Waals surface area contributed by atoms with Crippen LogP contribution in [0.1, 0.15) is 45.2 Å². The van der Waals surface area contributed by atoms with E-state index in [2.05, 4.69) is 5.32 Å². The molecule has 0 radical (unpaired) electrons. The smallest absolute Gasteiger partial charge is 0.408 e. The first-order valence-electron chi connectivity index (χ1n) is 12.3. The highest BCUT2D eigenvalue weighted by atomic mass is 16.6. The fraction of sp³-hybridized carbons (Fsp3) is 0.500. The number of ether oxygens (including phenoxy) is 4. The van der Waals surface area contributed by atoms with Gasteiger partial charge in [0.2, 0.25) is 0 Å². The van der Waals surface area contributed by atoms with E-state index in [0.717, 1.165) is 11.1 Å². The van der Waals surface area contributed by atoms with Crippen LogP contribution in [0.2, 0.25) is 0 Å². The molecule has 0 aliphatic rings. The van der Waals surface area contributed by atoms with Crippen LogP contribution in [0, 0.1) is 0 Å². The zero-order valence-corrected chi connectivity index (χ0v) is 22.0. The van der Waals surface area contributed by atoms with Crippen LogP contribution >= 0.6 is 0 Å². The molecular formula is C28H39NO8. The molecule has 2 aromatic carbocycles. The topological polar surface area (TPSA) is 124 Å². The number of carbonyl (C=O) groups excluding carboxylic acids is 1. The van der Waals surface area contributed by atoms with Gasteiger partial charge in [-0.25, -0.2) is 9.59 Å². The highest BCUT2D eigenvalue weighted by molar-refractivity contribution is 5.80. The number of carboxylic acid groups (broad SMARTS) is 1. The number of hydrogen-bond donors (Lipinski definition) is 3. The van der Waals surface area contributed by atoms with E-state index >= 15 is 0 Å². The van der Waals surface area contributed by atoms with Crippen molar-refractivity contribution in [2.45, 2.75) is 77.3 Å². The van der Waals surface area contributed by atoms with Crippen LogP contribution in [0.4, 0.5) is 4.79 Å². The van der Waals surface area contributed by atoms with E-state index in [9.17, 15) is 19.8 Å². The third-order valence-electron chi connectivity index (χ3n) is 5.25. The van der Waals surface area contributed by atoms with Gasteiger partial charge in [-0.2, -0.15) is 0 Å². The third-order valence-corrected chi connectivity index (χ3v) is 5.25. The lowest BCUT2D eigenvalue weighted by Crippen LogP contribution is -2.46. The zero-order chi connectivity index (χ0) is 27.3. The number of carbonyl (C=O) groups is 2. The summed E-state index contributed by atoms with van der Waals surface area (Å²) in [5.41, 5.74) is 1.17. The number of rotatable bonds is 15. The first-order valence-corrected chi connectivity index (χ1v) is 12.3. The average molecular weight is 518 g/mol. The fourth-order valence-corrected chi connectivity index (χ4v) is 3.47. The van der Waals surface area contributed by atoms with E-state index in [-0.39, 0.29) is 13.2 Å². The van der Waals surface area contributed by atoms with E-state index in [1.807, 2.05) is 60.7 Å². The number of hydrogen-bond acceptors (Lipinski definition) is 7. The summed E-state index contributed by atoms with van der Waals surface area (Å²) in [7, 11) is 0. The second-order valence-corrected chi connectivity index (χ2v) is 9.74. The van der Waals surface area contributed by atoms with Gasteiger partial charge < -0.3 is 34.5 Å². The van der Waals surface area contributed by atoms with Crippen LogP contribution in [0.25, 0.3) is 0 Å². The predicted molar refractivity (Wildman–Crippen MR) is 138 cm³/mol. The molecule has 0 aromatic heterocycles. The summed E-state index contributed by atoms with van der Waals surface area (Å²) >= 11 is 0. The zero-order valence-electron chi connectivity index (χ0n) is 22.0. The molecule has 0 saturated heterocycles. The van der Waals surface area contributed by atoms with Crippen molar-refractivity contribution < 1.29 is 38.7 Å². The van der Waals surface area contributed by atoms with E-state index in [0.29, 0.717) is 19.6 Å². The van der Waals surface area contributed by atoms with Gasteiger partial charge in [0.15, 0.2) is 6.04 Å². The van der Waals surface area contributed by atoms with E-state index in [1.165, 1.54) is 0 Å². The molecule has 0 fully saturated rings. The summed E-state index contributed by atoms with van der Waals surface area (Å²) in [5, 5.41) is 22.2. The maximum atomic E-state index is 12.0. The van der Waals surface area contributed by atoms with Crippen molar-refractivity contribution in [2.24, 2.45) is 0 Å². The average Bonchev–Trinajstić information content (AvgIpc) is 2.83. The first-order chi connectivity index (χ1) is 17.5. The number of amides is 1. The summed E-state index contributed by atoms with van der Waals surface area (Å²) in [6.45, 7) is 7.17. The number of benzene rings is 2. The van der Waals surface area contributed by atoms with Crippen molar-refractivity contribution in [3.05, 3.63) is 71.8 Å². The number of aliphatic hydroxyl groups is 1. The molecule has 9 heteroatoms. The Hall–Kier alpha value is -2.98. The molecule has 204 valence electrons. The first kappa shape index (κ1) is 30.2. The summed E-state index contributed by atoms with van der Waals surface area (Å²) in [6.07, 6.45) is -2.52. The van der Waals surface area contributed by atoms with E-state index in [4.69, 9.17) is 18.9 Å². The van der Waals surface area contributed by atoms with Gasteiger partial charge in [-0.3, -0.25) is 0 Å². The molecule has 0 saturated carbocycles. The molecule has 0 aliphatic carbocycles. The number of alkyl carbamates (subject to hydrolysis) is 1. The predicted octanol–water partition coefficient (Wildman–Crippen LogP) is 3.92. The molecule has 3 N–H and O–H groups in total. The molecule has 0 heterocycles. The molecular weight excluding hydrogens is 478 g/mol. The molecule has 2 rings (SSSR count). The van der Waals surface area contributed by atoms with Crippen molar-refractivity contribution in [2.75, 3.05) is 13.2 Å². The Morgan fingerprint density at radius 2 is 1.46 bits per heavy atom. The largest absolute Gasteiger partial charge is 0.480 e. The minimum Gasteiger partial charge on any atom is -0.480 e. The lowest BCUT2D eigenvalue weighted by molar-refractivity contribution is -0.142. The van der Waals surface area contributed by atoms with E-state index in [1.54, 1.807) is 27.7 Å². The minimum absolute atomic E-state index is 0.122. The van der Waals surface area contributed by atoms with E-state index < -0.39 is 42.0 Å². The molecule has 0 bridgehead atoms. The summed E-state index contributed by atoms with van der Waals surface area (Å²) in [6, 6.07) is 18.0. The molecule has 4 atom stereocenters. The Morgan fingerprint density at radius 1 is 0.919 bits per heavy atom.